The minimum absolute atomic E-state index is 0.160. The maximum Gasteiger partial charge on any atom is 0.279 e. The van der Waals surface area contributed by atoms with Crippen molar-refractivity contribution in [1.29, 1.82) is 0 Å². The molecule has 2 rings (SSSR count). The molecule has 0 radical (unpaired) electrons. The first kappa shape index (κ1) is 19.2. The molecule has 0 unspecified atom stereocenters. The van der Waals surface area contributed by atoms with Gasteiger partial charge in [-0.1, -0.05) is 37.5 Å². The first-order valence-electron chi connectivity index (χ1n) is 9.07. The van der Waals surface area contributed by atoms with E-state index < -0.39 is 10.2 Å². The summed E-state index contributed by atoms with van der Waals surface area (Å²) in [5.74, 6) is 0. The van der Waals surface area contributed by atoms with Gasteiger partial charge in [-0.2, -0.15) is 12.7 Å². The van der Waals surface area contributed by atoms with Gasteiger partial charge in [0.15, 0.2) is 0 Å². The molecule has 1 aliphatic carbocycles. The molecular formula is C18H31N3O2S. The fraction of sp³-hybridized carbons (Fsp3) is 0.667. The lowest BCUT2D eigenvalue weighted by Crippen LogP contribution is -2.45. The largest absolute Gasteiger partial charge is 0.372 e. The van der Waals surface area contributed by atoms with Crippen molar-refractivity contribution in [2.75, 3.05) is 31.6 Å². The van der Waals surface area contributed by atoms with Gasteiger partial charge in [0.25, 0.3) is 10.2 Å². The molecule has 0 heterocycles. The number of rotatable bonds is 9. The fourth-order valence-electron chi connectivity index (χ4n) is 3.32. The first-order chi connectivity index (χ1) is 11.5. The van der Waals surface area contributed by atoms with E-state index in [1.807, 2.05) is 18.2 Å². The highest BCUT2D eigenvalue weighted by Crippen LogP contribution is 2.23. The molecule has 1 saturated carbocycles. The smallest absolute Gasteiger partial charge is 0.279 e. The lowest BCUT2D eigenvalue weighted by Gasteiger charge is -2.30. The lowest BCUT2D eigenvalue weighted by molar-refractivity contribution is 0.283. The highest BCUT2D eigenvalue weighted by Gasteiger charge is 2.26. The van der Waals surface area contributed by atoms with E-state index in [9.17, 15) is 8.42 Å². The normalized spacial score (nSPS) is 16.5. The maximum absolute atomic E-state index is 12.4. The summed E-state index contributed by atoms with van der Waals surface area (Å²) in [4.78, 5) is 2.26. The molecule has 0 amide bonds. The zero-order valence-corrected chi connectivity index (χ0v) is 15.8. The summed E-state index contributed by atoms with van der Waals surface area (Å²) in [6.45, 7) is 4.35. The second-order valence-corrected chi connectivity index (χ2v) is 8.29. The van der Waals surface area contributed by atoms with Crippen LogP contribution in [0.25, 0.3) is 0 Å². The van der Waals surface area contributed by atoms with Crippen LogP contribution in [0, 0.1) is 0 Å². The number of hydrogen-bond donors (Lipinski definition) is 1. The van der Waals surface area contributed by atoms with E-state index in [1.165, 1.54) is 12.1 Å². The van der Waals surface area contributed by atoms with Crippen LogP contribution in [0.15, 0.2) is 30.3 Å². The van der Waals surface area contributed by atoms with E-state index in [0.717, 1.165) is 45.2 Å². The topological polar surface area (TPSA) is 52.7 Å². The summed E-state index contributed by atoms with van der Waals surface area (Å²) in [7, 11) is -1.66. The number of nitrogens with zero attached hydrogens (tertiary/aromatic N) is 2. The molecule has 6 heteroatoms. The zero-order chi connectivity index (χ0) is 17.4. The van der Waals surface area contributed by atoms with Gasteiger partial charge >= 0.3 is 0 Å². The van der Waals surface area contributed by atoms with Crippen molar-refractivity contribution < 1.29 is 8.42 Å². The Balaban J connectivity index is 1.77. The molecule has 0 bridgehead atoms. The van der Waals surface area contributed by atoms with Gasteiger partial charge in [0.1, 0.15) is 0 Å². The van der Waals surface area contributed by atoms with Crippen LogP contribution in [0.4, 0.5) is 5.69 Å². The molecule has 0 saturated heterocycles. The SMILES string of the molecule is CCN(CCCNS(=O)(=O)N(C)C1CCCCC1)c1ccccc1. The van der Waals surface area contributed by atoms with E-state index in [0.29, 0.717) is 6.54 Å². The highest BCUT2D eigenvalue weighted by atomic mass is 32.2. The average molecular weight is 354 g/mol. The van der Waals surface area contributed by atoms with Crippen LogP contribution in [0.2, 0.25) is 0 Å². The number of anilines is 1. The highest BCUT2D eigenvalue weighted by molar-refractivity contribution is 7.87. The van der Waals surface area contributed by atoms with Gasteiger partial charge in [0, 0.05) is 38.4 Å². The quantitative estimate of drug-likeness (QED) is 0.694. The summed E-state index contributed by atoms with van der Waals surface area (Å²) in [6, 6.07) is 10.4. The summed E-state index contributed by atoms with van der Waals surface area (Å²) >= 11 is 0. The van der Waals surface area contributed by atoms with E-state index in [-0.39, 0.29) is 6.04 Å². The molecule has 1 aromatic carbocycles. The summed E-state index contributed by atoms with van der Waals surface area (Å²) in [6.07, 6.45) is 6.24. The standard InChI is InChI=1S/C18H31N3O2S/c1-3-21(18-13-8-5-9-14-18)16-10-15-19-24(22,23)20(2)17-11-6-4-7-12-17/h5,8-9,13-14,17,19H,3-4,6-7,10-12,15-16H2,1-2H3. The van der Waals surface area contributed by atoms with Gasteiger partial charge in [-0.3, -0.25) is 0 Å². The molecule has 1 aliphatic rings. The molecule has 1 aromatic rings. The van der Waals surface area contributed by atoms with Crippen LogP contribution in [0.3, 0.4) is 0 Å². The third kappa shape index (κ3) is 5.46. The number of nitrogens with one attached hydrogen (secondary N) is 1. The summed E-state index contributed by atoms with van der Waals surface area (Å²) in [5, 5.41) is 0. The van der Waals surface area contributed by atoms with Gasteiger partial charge < -0.3 is 4.90 Å². The molecule has 0 spiro atoms. The van der Waals surface area contributed by atoms with Crippen LogP contribution >= 0.6 is 0 Å². The zero-order valence-electron chi connectivity index (χ0n) is 14.9. The average Bonchev–Trinajstić information content (AvgIpc) is 2.62. The molecule has 0 aromatic heterocycles. The van der Waals surface area contributed by atoms with Gasteiger partial charge in [-0.05, 0) is 38.3 Å². The van der Waals surface area contributed by atoms with Crippen LogP contribution in [0.1, 0.15) is 45.4 Å². The van der Waals surface area contributed by atoms with Crippen molar-refractivity contribution in [3.63, 3.8) is 0 Å². The first-order valence-corrected chi connectivity index (χ1v) is 10.5. The summed E-state index contributed by atoms with van der Waals surface area (Å²) in [5.41, 5.74) is 1.18. The minimum Gasteiger partial charge on any atom is -0.372 e. The number of para-hydroxylation sites is 1. The fourth-order valence-corrected chi connectivity index (χ4v) is 4.53. The maximum atomic E-state index is 12.4. The monoisotopic (exact) mass is 353 g/mol. The molecule has 5 nitrogen and oxygen atoms in total. The van der Waals surface area contributed by atoms with E-state index in [4.69, 9.17) is 0 Å². The predicted molar refractivity (Wildman–Crippen MR) is 101 cm³/mol. The summed E-state index contributed by atoms with van der Waals surface area (Å²) < 4.78 is 29.1. The Kier molecular flexibility index (Phi) is 7.52. The molecular weight excluding hydrogens is 322 g/mol. The molecule has 24 heavy (non-hydrogen) atoms. The van der Waals surface area contributed by atoms with E-state index >= 15 is 0 Å². The Morgan fingerprint density at radius 1 is 1.12 bits per heavy atom. The molecule has 1 N–H and O–H groups in total. The van der Waals surface area contributed by atoms with Crippen LogP contribution in [0.5, 0.6) is 0 Å². The Bertz CT molecular complexity index is 571. The van der Waals surface area contributed by atoms with Crippen molar-refractivity contribution in [3.05, 3.63) is 30.3 Å². The Morgan fingerprint density at radius 3 is 2.42 bits per heavy atom. The number of benzene rings is 1. The van der Waals surface area contributed by atoms with E-state index in [2.05, 4.69) is 28.7 Å². The molecule has 1 fully saturated rings. The van der Waals surface area contributed by atoms with Crippen molar-refractivity contribution >= 4 is 15.9 Å². The predicted octanol–water partition coefficient (Wildman–Crippen LogP) is 3.00. The Morgan fingerprint density at radius 2 is 1.79 bits per heavy atom. The van der Waals surface area contributed by atoms with Crippen LogP contribution in [-0.2, 0) is 10.2 Å². The van der Waals surface area contributed by atoms with Crippen LogP contribution < -0.4 is 9.62 Å². The number of hydrogen-bond acceptors (Lipinski definition) is 3. The molecule has 136 valence electrons. The molecule has 0 atom stereocenters. The third-order valence-corrected chi connectivity index (χ3v) is 6.49. The second-order valence-electron chi connectivity index (χ2n) is 6.48. The van der Waals surface area contributed by atoms with Crippen molar-refractivity contribution in [3.8, 4) is 0 Å². The Hall–Kier alpha value is -1.11. The second kappa shape index (κ2) is 9.39. The van der Waals surface area contributed by atoms with Crippen molar-refractivity contribution in [1.82, 2.24) is 9.03 Å². The third-order valence-electron chi connectivity index (χ3n) is 4.86. The van der Waals surface area contributed by atoms with Gasteiger partial charge in [-0.15, -0.1) is 0 Å². The van der Waals surface area contributed by atoms with Gasteiger partial charge in [0.05, 0.1) is 0 Å². The van der Waals surface area contributed by atoms with Gasteiger partial charge in [0.2, 0.25) is 0 Å². The molecule has 0 aliphatic heterocycles. The Labute approximate surface area is 147 Å². The lowest BCUT2D eigenvalue weighted by atomic mass is 9.96. The van der Waals surface area contributed by atoms with E-state index in [1.54, 1.807) is 11.4 Å². The van der Waals surface area contributed by atoms with Crippen molar-refractivity contribution in [2.24, 2.45) is 0 Å². The van der Waals surface area contributed by atoms with Gasteiger partial charge in [-0.25, -0.2) is 4.72 Å². The van der Waals surface area contributed by atoms with Crippen LogP contribution in [-0.4, -0.2) is 45.4 Å². The van der Waals surface area contributed by atoms with Crippen molar-refractivity contribution in [2.45, 2.75) is 51.5 Å². The minimum atomic E-state index is -3.36.